The number of unbranched alkanes of at least 4 members (excludes halogenated alkanes) is 18. The maximum Gasteiger partial charge on any atom is 0.0503 e. The Labute approximate surface area is 337 Å². The SMILES string of the molecule is C=C(CCCCCCCCC(CCCCCCCCC(=C)CC(CCCC)CCCC)N(CCCCCCC)CN(C)C)CC(CCCC)CCCC. The van der Waals surface area contributed by atoms with Crippen LogP contribution in [-0.4, -0.2) is 43.2 Å². The second-order valence-electron chi connectivity index (χ2n) is 18.1. The number of hydrogen-bond acceptors (Lipinski definition) is 2. The summed E-state index contributed by atoms with van der Waals surface area (Å²) in [6, 6.07) is 0.761. The lowest BCUT2D eigenvalue weighted by atomic mass is 9.88. The van der Waals surface area contributed by atoms with Gasteiger partial charge in [-0.3, -0.25) is 9.80 Å². The van der Waals surface area contributed by atoms with E-state index in [9.17, 15) is 0 Å². The van der Waals surface area contributed by atoms with E-state index in [1.165, 1.54) is 242 Å². The Morgan fingerprint density at radius 1 is 0.396 bits per heavy atom. The third kappa shape index (κ3) is 34.4. The summed E-state index contributed by atoms with van der Waals surface area (Å²) in [4.78, 5) is 5.30. The fraction of sp³-hybridized carbons (Fsp3) is 0.922. The van der Waals surface area contributed by atoms with Crippen molar-refractivity contribution in [2.75, 3.05) is 27.3 Å². The monoisotopic (exact) mass is 743 g/mol. The van der Waals surface area contributed by atoms with Crippen molar-refractivity contribution in [3.05, 3.63) is 24.3 Å². The fourth-order valence-corrected chi connectivity index (χ4v) is 8.77. The standard InChI is InChI=1S/C51H102N2/c1-10-15-20-29-34-43-53(46-52(8)9)51(41-32-27-23-21-25-30-35-47(6)44-49(37-16-11-2)38-17-12-3)42-33-28-24-22-26-31-36-48(7)45-50(39-18-13-4)40-19-14-5/h49-51H,6-7,10-46H2,1-5,8-9H3. The Kier molecular flexibility index (Phi) is 39.2. The topological polar surface area (TPSA) is 6.48 Å². The molecule has 0 aromatic carbocycles. The summed E-state index contributed by atoms with van der Waals surface area (Å²) in [6.07, 6.45) is 48.2. The Morgan fingerprint density at radius 3 is 1.11 bits per heavy atom. The van der Waals surface area contributed by atoms with Crippen LogP contribution in [0.3, 0.4) is 0 Å². The van der Waals surface area contributed by atoms with Gasteiger partial charge in [-0.25, -0.2) is 0 Å². The molecular formula is C51H102N2. The van der Waals surface area contributed by atoms with Gasteiger partial charge in [0.05, 0.1) is 6.67 Å². The molecule has 0 spiro atoms. The molecule has 0 aliphatic rings. The van der Waals surface area contributed by atoms with Gasteiger partial charge in [0.15, 0.2) is 0 Å². The van der Waals surface area contributed by atoms with Gasteiger partial charge in [-0.1, -0.05) is 226 Å². The maximum absolute atomic E-state index is 4.52. The van der Waals surface area contributed by atoms with Crippen molar-refractivity contribution < 1.29 is 0 Å². The first-order chi connectivity index (χ1) is 25.8. The normalized spacial score (nSPS) is 12.1. The molecule has 0 bridgehead atoms. The highest BCUT2D eigenvalue weighted by atomic mass is 15.3. The van der Waals surface area contributed by atoms with Crippen LogP contribution in [0.1, 0.15) is 259 Å². The highest BCUT2D eigenvalue weighted by molar-refractivity contribution is 4.96. The second kappa shape index (κ2) is 39.6. The lowest BCUT2D eigenvalue weighted by molar-refractivity contribution is 0.106. The van der Waals surface area contributed by atoms with Crippen LogP contribution in [-0.2, 0) is 0 Å². The van der Waals surface area contributed by atoms with Gasteiger partial charge in [-0.2, -0.15) is 0 Å². The zero-order valence-corrected chi connectivity index (χ0v) is 38.2. The van der Waals surface area contributed by atoms with E-state index >= 15 is 0 Å². The molecule has 2 nitrogen and oxygen atoms in total. The lowest BCUT2D eigenvalue weighted by Crippen LogP contribution is -2.42. The number of allylic oxidation sites excluding steroid dienone is 2. The molecule has 0 radical (unpaired) electrons. The molecule has 0 saturated carbocycles. The van der Waals surface area contributed by atoms with Gasteiger partial charge >= 0.3 is 0 Å². The van der Waals surface area contributed by atoms with Crippen LogP contribution >= 0.6 is 0 Å². The zero-order valence-electron chi connectivity index (χ0n) is 38.2. The molecule has 316 valence electrons. The fourth-order valence-electron chi connectivity index (χ4n) is 8.77. The van der Waals surface area contributed by atoms with Crippen molar-refractivity contribution in [3.63, 3.8) is 0 Å². The molecule has 53 heavy (non-hydrogen) atoms. The van der Waals surface area contributed by atoms with Gasteiger partial charge in [0.25, 0.3) is 0 Å². The Hall–Kier alpha value is -0.600. The molecule has 0 aromatic rings. The van der Waals surface area contributed by atoms with E-state index in [4.69, 9.17) is 0 Å². The van der Waals surface area contributed by atoms with Crippen LogP contribution < -0.4 is 0 Å². The van der Waals surface area contributed by atoms with Crippen LogP contribution in [0.4, 0.5) is 0 Å². The van der Waals surface area contributed by atoms with E-state index < -0.39 is 0 Å². The smallest absolute Gasteiger partial charge is 0.0503 e. The van der Waals surface area contributed by atoms with Crippen molar-refractivity contribution >= 4 is 0 Å². The molecule has 0 saturated heterocycles. The summed E-state index contributed by atoms with van der Waals surface area (Å²) in [5, 5.41) is 0. The van der Waals surface area contributed by atoms with E-state index in [0.717, 1.165) is 24.5 Å². The minimum absolute atomic E-state index is 0.761. The number of rotatable bonds is 43. The number of hydrogen-bond donors (Lipinski definition) is 0. The van der Waals surface area contributed by atoms with Gasteiger partial charge in [-0.05, 0) is 90.3 Å². The summed E-state index contributed by atoms with van der Waals surface area (Å²) in [6.45, 7) is 23.1. The molecule has 0 rings (SSSR count). The third-order valence-corrected chi connectivity index (χ3v) is 12.2. The predicted molar refractivity (Wildman–Crippen MR) is 244 cm³/mol. The van der Waals surface area contributed by atoms with Crippen LogP contribution in [0.15, 0.2) is 24.3 Å². The van der Waals surface area contributed by atoms with Crippen LogP contribution in [0, 0.1) is 11.8 Å². The van der Waals surface area contributed by atoms with Crippen molar-refractivity contribution in [2.24, 2.45) is 11.8 Å². The van der Waals surface area contributed by atoms with Gasteiger partial charge in [0.2, 0.25) is 0 Å². The lowest BCUT2D eigenvalue weighted by Gasteiger charge is -2.34. The summed E-state index contributed by atoms with van der Waals surface area (Å²) in [5.41, 5.74) is 3.08. The summed E-state index contributed by atoms with van der Waals surface area (Å²) < 4.78 is 0. The second-order valence-corrected chi connectivity index (χ2v) is 18.1. The van der Waals surface area contributed by atoms with Crippen molar-refractivity contribution in [1.82, 2.24) is 9.80 Å². The Bertz CT molecular complexity index is 704. The Balaban J connectivity index is 4.64. The molecule has 0 unspecified atom stereocenters. The maximum atomic E-state index is 4.52. The summed E-state index contributed by atoms with van der Waals surface area (Å²) in [5.74, 6) is 1.78. The largest absolute Gasteiger partial charge is 0.297 e. The first-order valence-corrected chi connectivity index (χ1v) is 24.5. The third-order valence-electron chi connectivity index (χ3n) is 12.2. The first-order valence-electron chi connectivity index (χ1n) is 24.5. The zero-order chi connectivity index (χ0) is 39.2. The Morgan fingerprint density at radius 2 is 0.736 bits per heavy atom. The van der Waals surface area contributed by atoms with E-state index in [1.54, 1.807) is 0 Å². The van der Waals surface area contributed by atoms with Crippen molar-refractivity contribution in [3.8, 4) is 0 Å². The molecular weight excluding hydrogens is 641 g/mol. The molecule has 0 N–H and O–H groups in total. The van der Waals surface area contributed by atoms with E-state index in [0.29, 0.717) is 0 Å². The summed E-state index contributed by atoms with van der Waals surface area (Å²) in [7, 11) is 4.55. The molecule has 0 atom stereocenters. The van der Waals surface area contributed by atoms with Gasteiger partial charge in [0, 0.05) is 6.04 Å². The van der Waals surface area contributed by atoms with Crippen LogP contribution in [0.5, 0.6) is 0 Å². The minimum Gasteiger partial charge on any atom is -0.297 e. The molecule has 2 heteroatoms. The molecule has 0 aliphatic carbocycles. The van der Waals surface area contributed by atoms with E-state index in [2.05, 4.69) is 71.7 Å². The predicted octanol–water partition coefficient (Wildman–Crippen LogP) is 17.3. The highest BCUT2D eigenvalue weighted by Gasteiger charge is 2.19. The summed E-state index contributed by atoms with van der Waals surface area (Å²) >= 11 is 0. The van der Waals surface area contributed by atoms with Crippen molar-refractivity contribution in [1.29, 1.82) is 0 Å². The highest BCUT2D eigenvalue weighted by Crippen LogP contribution is 2.27. The minimum atomic E-state index is 0.761. The molecule has 0 fully saturated rings. The van der Waals surface area contributed by atoms with Gasteiger partial charge in [-0.15, -0.1) is 0 Å². The van der Waals surface area contributed by atoms with Gasteiger partial charge in [0.1, 0.15) is 0 Å². The van der Waals surface area contributed by atoms with Gasteiger partial charge < -0.3 is 0 Å². The van der Waals surface area contributed by atoms with Crippen LogP contribution in [0.25, 0.3) is 0 Å². The van der Waals surface area contributed by atoms with Crippen LogP contribution in [0.2, 0.25) is 0 Å². The first kappa shape index (κ1) is 52.4. The number of nitrogens with zero attached hydrogens (tertiary/aromatic N) is 2. The molecule has 0 aromatic heterocycles. The average molecular weight is 743 g/mol. The van der Waals surface area contributed by atoms with Crippen molar-refractivity contribution in [2.45, 2.75) is 265 Å². The molecule has 0 amide bonds. The van der Waals surface area contributed by atoms with E-state index in [1.807, 2.05) is 0 Å². The molecule has 0 aliphatic heterocycles. The molecule has 0 heterocycles. The quantitative estimate of drug-likeness (QED) is 0.0349. The average Bonchev–Trinajstić information content (AvgIpc) is 3.14. The van der Waals surface area contributed by atoms with E-state index in [-0.39, 0.29) is 0 Å².